The van der Waals surface area contributed by atoms with Gasteiger partial charge in [0.25, 0.3) is 11.6 Å². The van der Waals surface area contributed by atoms with Crippen LogP contribution in [0.25, 0.3) is 11.0 Å². The first-order chi connectivity index (χ1) is 12.5. The summed E-state index contributed by atoms with van der Waals surface area (Å²) in [5, 5.41) is 14.2. The molecule has 2 N–H and O–H groups in total. The largest absolute Gasteiger partial charge is 0.464 e. The van der Waals surface area contributed by atoms with E-state index in [1.807, 2.05) is 0 Å². The predicted molar refractivity (Wildman–Crippen MR) is 91.7 cm³/mol. The topological polar surface area (TPSA) is 127 Å². The summed E-state index contributed by atoms with van der Waals surface area (Å²) in [7, 11) is 1.29. The van der Waals surface area contributed by atoms with E-state index in [0.717, 1.165) is 0 Å². The van der Waals surface area contributed by atoms with Gasteiger partial charge in [-0.3, -0.25) is 14.9 Å². The van der Waals surface area contributed by atoms with Gasteiger partial charge in [-0.05, 0) is 23.8 Å². The van der Waals surface area contributed by atoms with E-state index < -0.39 is 16.8 Å². The van der Waals surface area contributed by atoms with Crippen LogP contribution in [0.15, 0.2) is 42.6 Å². The number of carbonyl (C=O) groups is 2. The molecule has 0 bridgehead atoms. The van der Waals surface area contributed by atoms with Gasteiger partial charge in [0.05, 0.1) is 12.0 Å². The summed E-state index contributed by atoms with van der Waals surface area (Å²) in [5.74, 6) is -0.929. The number of rotatable bonds is 5. The third-order valence-corrected chi connectivity index (χ3v) is 3.70. The molecule has 0 saturated heterocycles. The van der Waals surface area contributed by atoms with Crippen LogP contribution in [0.2, 0.25) is 0 Å². The van der Waals surface area contributed by atoms with Crippen molar-refractivity contribution in [1.29, 1.82) is 0 Å². The van der Waals surface area contributed by atoms with Crippen LogP contribution in [0.5, 0.6) is 0 Å². The van der Waals surface area contributed by atoms with Crippen molar-refractivity contribution in [3.8, 4) is 0 Å². The van der Waals surface area contributed by atoms with Crippen LogP contribution in [0.4, 0.5) is 5.69 Å². The molecule has 0 aliphatic heterocycles. The second kappa shape index (κ2) is 7.01. The number of nitrogens with one attached hydrogen (secondary N) is 2. The van der Waals surface area contributed by atoms with Gasteiger partial charge in [-0.25, -0.2) is 9.78 Å². The molecule has 132 valence electrons. The Morgan fingerprint density at radius 3 is 2.85 bits per heavy atom. The molecule has 2 aromatic heterocycles. The van der Waals surface area contributed by atoms with Crippen molar-refractivity contribution in [2.45, 2.75) is 6.54 Å². The minimum absolute atomic E-state index is 0.150. The highest BCUT2D eigenvalue weighted by atomic mass is 16.6. The molecular formula is C17H14N4O5. The van der Waals surface area contributed by atoms with Crippen molar-refractivity contribution in [1.82, 2.24) is 15.3 Å². The van der Waals surface area contributed by atoms with E-state index in [0.29, 0.717) is 16.6 Å². The predicted octanol–water partition coefficient (Wildman–Crippen LogP) is 2.19. The lowest BCUT2D eigenvalue weighted by atomic mass is 10.2. The quantitative estimate of drug-likeness (QED) is 0.411. The van der Waals surface area contributed by atoms with Gasteiger partial charge in [-0.15, -0.1) is 0 Å². The number of aromatic nitrogens is 2. The van der Waals surface area contributed by atoms with Crippen LogP contribution in [0, 0.1) is 10.1 Å². The van der Waals surface area contributed by atoms with E-state index in [4.69, 9.17) is 0 Å². The van der Waals surface area contributed by atoms with Crippen molar-refractivity contribution < 1.29 is 19.2 Å². The number of nitro benzene ring substituents is 1. The molecule has 3 rings (SSSR count). The lowest BCUT2D eigenvalue weighted by Crippen LogP contribution is -2.22. The number of nitro groups is 1. The molecule has 0 radical (unpaired) electrons. The molecule has 26 heavy (non-hydrogen) atoms. The number of esters is 1. The van der Waals surface area contributed by atoms with Crippen molar-refractivity contribution in [3.63, 3.8) is 0 Å². The van der Waals surface area contributed by atoms with Crippen LogP contribution in [-0.4, -0.2) is 33.9 Å². The van der Waals surface area contributed by atoms with E-state index in [1.165, 1.54) is 31.4 Å². The molecule has 3 aromatic rings. The maximum atomic E-state index is 12.2. The molecule has 1 amide bonds. The summed E-state index contributed by atoms with van der Waals surface area (Å²) in [5.41, 5.74) is 1.57. The zero-order chi connectivity index (χ0) is 18.7. The van der Waals surface area contributed by atoms with Gasteiger partial charge in [0.15, 0.2) is 0 Å². The number of methoxy groups -OCH3 is 1. The maximum absolute atomic E-state index is 12.2. The Balaban J connectivity index is 1.73. The van der Waals surface area contributed by atoms with Crippen LogP contribution in [0.3, 0.4) is 0 Å². The molecule has 9 nitrogen and oxygen atoms in total. The summed E-state index contributed by atoms with van der Waals surface area (Å²) in [4.78, 5) is 41.0. The molecule has 2 heterocycles. The molecule has 0 atom stereocenters. The number of carbonyl (C=O) groups excluding carboxylic acids is 2. The van der Waals surface area contributed by atoms with Crippen molar-refractivity contribution in [3.05, 3.63) is 69.5 Å². The van der Waals surface area contributed by atoms with Crippen LogP contribution in [0.1, 0.15) is 26.4 Å². The fourth-order valence-corrected chi connectivity index (χ4v) is 2.42. The Labute approximate surface area is 147 Å². The highest BCUT2D eigenvalue weighted by Gasteiger charge is 2.13. The average molecular weight is 354 g/mol. The second-order valence-electron chi connectivity index (χ2n) is 5.45. The van der Waals surface area contributed by atoms with Crippen molar-refractivity contribution in [2.24, 2.45) is 0 Å². The number of aromatic amines is 1. The standard InChI is InChI=1S/C17H14N4O5/c1-26-17(23)14-7-12-5-10(8-18-15(12)20-14)9-19-16(22)11-3-2-4-13(6-11)21(24)25/h2-8H,9H2,1H3,(H,18,20)(H,19,22). The average Bonchev–Trinajstić information content (AvgIpc) is 3.08. The molecule has 1 aromatic carbocycles. The highest BCUT2D eigenvalue weighted by molar-refractivity contribution is 5.95. The smallest absolute Gasteiger partial charge is 0.354 e. The lowest BCUT2D eigenvalue weighted by Gasteiger charge is -2.05. The Kier molecular flexibility index (Phi) is 4.61. The summed E-state index contributed by atoms with van der Waals surface area (Å²) in [6.07, 6.45) is 1.56. The molecular weight excluding hydrogens is 340 g/mol. The molecule has 0 unspecified atom stereocenters. The van der Waals surface area contributed by atoms with Crippen LogP contribution < -0.4 is 5.32 Å². The maximum Gasteiger partial charge on any atom is 0.354 e. The first-order valence-electron chi connectivity index (χ1n) is 7.56. The lowest BCUT2D eigenvalue weighted by molar-refractivity contribution is -0.384. The van der Waals surface area contributed by atoms with Gasteiger partial charge in [0.1, 0.15) is 11.3 Å². The fourth-order valence-electron chi connectivity index (χ4n) is 2.42. The number of pyridine rings is 1. The van der Waals surface area contributed by atoms with E-state index in [-0.39, 0.29) is 23.5 Å². The normalized spacial score (nSPS) is 10.5. The minimum atomic E-state index is -0.556. The summed E-state index contributed by atoms with van der Waals surface area (Å²) < 4.78 is 4.65. The highest BCUT2D eigenvalue weighted by Crippen LogP contribution is 2.16. The SMILES string of the molecule is COC(=O)c1cc2cc(CNC(=O)c3cccc([N+](=O)[O-])c3)cnc2[nH]1. The van der Waals surface area contributed by atoms with Crippen molar-refractivity contribution >= 4 is 28.6 Å². The number of hydrogen-bond donors (Lipinski definition) is 2. The first-order valence-corrected chi connectivity index (χ1v) is 7.56. The van der Waals surface area contributed by atoms with Gasteiger partial charge in [-0.2, -0.15) is 0 Å². The first kappa shape index (κ1) is 17.1. The Hall–Kier alpha value is -3.75. The van der Waals surface area contributed by atoms with Gasteiger partial charge in [0, 0.05) is 35.8 Å². The summed E-state index contributed by atoms with van der Waals surface area (Å²) in [6.45, 7) is 0.184. The zero-order valence-corrected chi connectivity index (χ0v) is 13.7. The molecule has 0 spiro atoms. The molecule has 9 heteroatoms. The number of nitrogens with zero attached hydrogens (tertiary/aromatic N) is 2. The Morgan fingerprint density at radius 1 is 1.31 bits per heavy atom. The Morgan fingerprint density at radius 2 is 2.12 bits per heavy atom. The molecule has 0 aliphatic carbocycles. The number of fused-ring (bicyclic) bond motifs is 1. The number of hydrogen-bond acceptors (Lipinski definition) is 6. The van der Waals surface area contributed by atoms with Crippen LogP contribution in [-0.2, 0) is 11.3 Å². The molecule has 0 fully saturated rings. The third kappa shape index (κ3) is 3.51. The van der Waals surface area contributed by atoms with Crippen LogP contribution >= 0.6 is 0 Å². The fraction of sp³-hybridized carbons (Fsp3) is 0.118. The monoisotopic (exact) mass is 354 g/mol. The van der Waals surface area contributed by atoms with E-state index in [9.17, 15) is 19.7 Å². The van der Waals surface area contributed by atoms with Gasteiger partial charge in [-0.1, -0.05) is 6.07 Å². The number of amides is 1. The van der Waals surface area contributed by atoms with Gasteiger partial charge in [0.2, 0.25) is 0 Å². The minimum Gasteiger partial charge on any atom is -0.464 e. The summed E-state index contributed by atoms with van der Waals surface area (Å²) in [6, 6.07) is 8.87. The van der Waals surface area contributed by atoms with Gasteiger partial charge >= 0.3 is 5.97 Å². The summed E-state index contributed by atoms with van der Waals surface area (Å²) >= 11 is 0. The van der Waals surface area contributed by atoms with Crippen molar-refractivity contribution in [2.75, 3.05) is 7.11 Å². The zero-order valence-electron chi connectivity index (χ0n) is 13.7. The second-order valence-corrected chi connectivity index (χ2v) is 5.45. The number of benzene rings is 1. The number of ether oxygens (including phenoxy) is 1. The van der Waals surface area contributed by atoms with E-state index in [1.54, 1.807) is 18.3 Å². The number of H-pyrrole nitrogens is 1. The van der Waals surface area contributed by atoms with Gasteiger partial charge < -0.3 is 15.0 Å². The van der Waals surface area contributed by atoms with E-state index in [2.05, 4.69) is 20.0 Å². The Bertz CT molecular complexity index is 1010. The van der Waals surface area contributed by atoms with E-state index >= 15 is 0 Å². The molecule has 0 saturated carbocycles. The number of non-ortho nitro benzene ring substituents is 1. The molecule has 0 aliphatic rings. The third-order valence-electron chi connectivity index (χ3n) is 3.70.